The summed E-state index contributed by atoms with van der Waals surface area (Å²) in [4.78, 5) is 0. The summed E-state index contributed by atoms with van der Waals surface area (Å²) in [5.74, 6) is 2.90. The highest BCUT2D eigenvalue weighted by molar-refractivity contribution is 5.23. The first-order chi connectivity index (χ1) is 8.16. The molecular formula is C15H25NO. The molecule has 0 aromatic carbocycles. The van der Waals surface area contributed by atoms with Crippen LogP contribution in [0, 0.1) is 19.8 Å². The van der Waals surface area contributed by atoms with Crippen molar-refractivity contribution in [2.45, 2.75) is 64.8 Å². The summed E-state index contributed by atoms with van der Waals surface area (Å²) in [6.07, 6.45) is 9.48. The van der Waals surface area contributed by atoms with Crippen molar-refractivity contribution in [3.63, 3.8) is 0 Å². The number of hydrogen-bond donors (Lipinski definition) is 1. The maximum absolute atomic E-state index is 6.27. The zero-order chi connectivity index (χ0) is 12.3. The maximum Gasteiger partial charge on any atom is 0.105 e. The Morgan fingerprint density at radius 1 is 1.29 bits per heavy atom. The molecule has 1 heterocycles. The highest BCUT2D eigenvalue weighted by Crippen LogP contribution is 2.30. The lowest BCUT2D eigenvalue weighted by molar-refractivity contribution is 0.323. The number of furan rings is 1. The quantitative estimate of drug-likeness (QED) is 0.847. The van der Waals surface area contributed by atoms with Gasteiger partial charge < -0.3 is 10.2 Å². The van der Waals surface area contributed by atoms with Gasteiger partial charge in [0, 0.05) is 11.6 Å². The van der Waals surface area contributed by atoms with Crippen molar-refractivity contribution >= 4 is 0 Å². The van der Waals surface area contributed by atoms with Gasteiger partial charge in [-0.05, 0) is 38.7 Å². The molecule has 1 aromatic rings. The van der Waals surface area contributed by atoms with Crippen molar-refractivity contribution in [1.82, 2.24) is 0 Å². The first-order valence-corrected chi connectivity index (χ1v) is 6.99. The predicted octanol–water partition coefficient (Wildman–Crippen LogP) is 4.26. The lowest BCUT2D eigenvalue weighted by atomic mass is 9.84. The highest BCUT2D eigenvalue weighted by Gasteiger charge is 2.17. The Labute approximate surface area is 105 Å². The van der Waals surface area contributed by atoms with Crippen molar-refractivity contribution in [1.29, 1.82) is 0 Å². The predicted molar refractivity (Wildman–Crippen MR) is 70.9 cm³/mol. The summed E-state index contributed by atoms with van der Waals surface area (Å²) in [6.45, 7) is 4.01. The molecule has 1 aliphatic rings. The van der Waals surface area contributed by atoms with E-state index in [-0.39, 0.29) is 6.04 Å². The zero-order valence-electron chi connectivity index (χ0n) is 11.2. The van der Waals surface area contributed by atoms with Crippen LogP contribution >= 0.6 is 0 Å². The normalized spacial score (nSPS) is 19.5. The molecule has 0 amide bonds. The largest absolute Gasteiger partial charge is 0.466 e. The van der Waals surface area contributed by atoms with Crippen molar-refractivity contribution in [2.75, 3.05) is 0 Å². The number of hydrogen-bond acceptors (Lipinski definition) is 2. The van der Waals surface area contributed by atoms with E-state index in [4.69, 9.17) is 10.2 Å². The van der Waals surface area contributed by atoms with Crippen LogP contribution in [0.2, 0.25) is 0 Å². The fourth-order valence-corrected chi connectivity index (χ4v) is 3.07. The van der Waals surface area contributed by atoms with E-state index >= 15 is 0 Å². The summed E-state index contributed by atoms with van der Waals surface area (Å²) in [6, 6.07) is 2.26. The molecule has 0 spiro atoms. The van der Waals surface area contributed by atoms with E-state index in [1.807, 2.05) is 13.8 Å². The van der Waals surface area contributed by atoms with Crippen molar-refractivity contribution in [3.8, 4) is 0 Å². The van der Waals surface area contributed by atoms with E-state index in [1.165, 1.54) is 44.1 Å². The molecule has 1 aromatic heterocycles. The monoisotopic (exact) mass is 235 g/mol. The molecule has 1 aliphatic carbocycles. The Bertz CT molecular complexity index is 350. The first kappa shape index (κ1) is 12.7. The van der Waals surface area contributed by atoms with Gasteiger partial charge in [-0.25, -0.2) is 0 Å². The van der Waals surface area contributed by atoms with Crippen LogP contribution in [0.15, 0.2) is 10.5 Å². The van der Waals surface area contributed by atoms with E-state index in [0.717, 1.165) is 23.9 Å². The molecule has 1 atom stereocenters. The molecule has 1 unspecified atom stereocenters. The highest BCUT2D eigenvalue weighted by atomic mass is 16.3. The van der Waals surface area contributed by atoms with Gasteiger partial charge in [-0.3, -0.25) is 0 Å². The van der Waals surface area contributed by atoms with Crippen LogP contribution in [0.4, 0.5) is 0 Å². The van der Waals surface area contributed by atoms with Crippen molar-refractivity contribution in [3.05, 3.63) is 23.2 Å². The third-order valence-corrected chi connectivity index (χ3v) is 4.09. The van der Waals surface area contributed by atoms with Crippen LogP contribution in [-0.4, -0.2) is 0 Å². The second-order valence-electron chi connectivity index (χ2n) is 5.56. The average Bonchev–Trinajstić information content (AvgIpc) is 2.67. The van der Waals surface area contributed by atoms with Gasteiger partial charge in [0.2, 0.25) is 0 Å². The molecule has 0 bridgehead atoms. The van der Waals surface area contributed by atoms with Gasteiger partial charge in [-0.15, -0.1) is 0 Å². The second kappa shape index (κ2) is 5.72. The van der Waals surface area contributed by atoms with Gasteiger partial charge in [-0.2, -0.15) is 0 Å². The Balaban J connectivity index is 1.84. The molecule has 2 heteroatoms. The summed E-state index contributed by atoms with van der Waals surface area (Å²) >= 11 is 0. The molecule has 17 heavy (non-hydrogen) atoms. The Morgan fingerprint density at radius 3 is 2.59 bits per heavy atom. The average molecular weight is 235 g/mol. The van der Waals surface area contributed by atoms with Gasteiger partial charge in [0.25, 0.3) is 0 Å². The molecule has 1 fully saturated rings. The molecule has 2 N–H and O–H groups in total. The topological polar surface area (TPSA) is 39.2 Å². The molecule has 96 valence electrons. The Hall–Kier alpha value is -0.760. The van der Waals surface area contributed by atoms with Gasteiger partial charge in [-0.1, -0.05) is 32.1 Å². The van der Waals surface area contributed by atoms with E-state index in [9.17, 15) is 0 Å². The minimum Gasteiger partial charge on any atom is -0.466 e. The fraction of sp³-hybridized carbons (Fsp3) is 0.733. The molecule has 0 aliphatic heterocycles. The molecule has 2 rings (SSSR count). The number of aryl methyl sites for hydroxylation is 2. The minimum absolute atomic E-state index is 0.161. The van der Waals surface area contributed by atoms with Crippen LogP contribution in [-0.2, 0) is 0 Å². The van der Waals surface area contributed by atoms with E-state index < -0.39 is 0 Å². The lowest BCUT2D eigenvalue weighted by Crippen LogP contribution is -2.14. The fourth-order valence-electron chi connectivity index (χ4n) is 3.07. The third-order valence-electron chi connectivity index (χ3n) is 4.09. The van der Waals surface area contributed by atoms with Crippen LogP contribution in [0.3, 0.4) is 0 Å². The number of rotatable bonds is 4. The third kappa shape index (κ3) is 3.35. The van der Waals surface area contributed by atoms with E-state index in [0.29, 0.717) is 0 Å². The van der Waals surface area contributed by atoms with Crippen LogP contribution < -0.4 is 5.73 Å². The van der Waals surface area contributed by atoms with Crippen molar-refractivity contribution < 1.29 is 4.42 Å². The molecular weight excluding hydrogens is 210 g/mol. The summed E-state index contributed by atoms with van der Waals surface area (Å²) in [5.41, 5.74) is 7.47. The van der Waals surface area contributed by atoms with Gasteiger partial charge >= 0.3 is 0 Å². The smallest absolute Gasteiger partial charge is 0.105 e. The molecule has 0 radical (unpaired) electrons. The standard InChI is InChI=1S/C15H25NO/c1-11-10-14(12(2)17-11)15(16)9-8-13-6-4-3-5-7-13/h10,13,15H,3-9,16H2,1-2H3. The van der Waals surface area contributed by atoms with E-state index in [1.54, 1.807) is 0 Å². The molecule has 2 nitrogen and oxygen atoms in total. The first-order valence-electron chi connectivity index (χ1n) is 6.99. The van der Waals surface area contributed by atoms with Crippen LogP contribution in [0.5, 0.6) is 0 Å². The SMILES string of the molecule is Cc1cc(C(N)CCC2CCCCC2)c(C)o1. The van der Waals surface area contributed by atoms with E-state index in [2.05, 4.69) is 6.07 Å². The summed E-state index contributed by atoms with van der Waals surface area (Å²) in [5, 5.41) is 0. The van der Waals surface area contributed by atoms with Crippen LogP contribution in [0.25, 0.3) is 0 Å². The van der Waals surface area contributed by atoms with Gasteiger partial charge in [0.1, 0.15) is 11.5 Å². The lowest BCUT2D eigenvalue weighted by Gasteiger charge is -2.22. The molecule has 1 saturated carbocycles. The maximum atomic E-state index is 6.27. The molecule has 0 saturated heterocycles. The Kier molecular flexibility index (Phi) is 4.27. The Morgan fingerprint density at radius 2 is 2.00 bits per heavy atom. The van der Waals surface area contributed by atoms with Crippen molar-refractivity contribution in [2.24, 2.45) is 11.7 Å². The number of nitrogens with two attached hydrogens (primary N) is 1. The zero-order valence-corrected chi connectivity index (χ0v) is 11.2. The second-order valence-corrected chi connectivity index (χ2v) is 5.56. The summed E-state index contributed by atoms with van der Waals surface area (Å²) < 4.78 is 5.55. The van der Waals surface area contributed by atoms with Gasteiger partial charge in [0.15, 0.2) is 0 Å². The minimum atomic E-state index is 0.161. The summed E-state index contributed by atoms with van der Waals surface area (Å²) in [7, 11) is 0. The van der Waals surface area contributed by atoms with Crippen LogP contribution in [0.1, 0.15) is 68.1 Å². The van der Waals surface area contributed by atoms with Gasteiger partial charge in [0.05, 0.1) is 0 Å².